The first-order valence-electron chi connectivity index (χ1n) is 6.98. The SMILES string of the molecule is CCc1cc(CN2CC(O)(C(C)C)C2)n(CC)n1. The second kappa shape index (κ2) is 5.02. The van der Waals surface area contributed by atoms with Crippen LogP contribution < -0.4 is 0 Å². The highest BCUT2D eigenvalue weighted by Gasteiger charge is 2.43. The predicted molar refractivity (Wildman–Crippen MR) is 72.3 cm³/mol. The zero-order chi connectivity index (χ0) is 13.3. The molecule has 0 amide bonds. The number of aliphatic hydroxyl groups is 1. The van der Waals surface area contributed by atoms with Crippen molar-refractivity contribution in [3.63, 3.8) is 0 Å². The molecule has 0 spiro atoms. The molecular formula is C14H25N3O. The van der Waals surface area contributed by atoms with Crippen LogP contribution in [0.1, 0.15) is 39.1 Å². The van der Waals surface area contributed by atoms with Crippen molar-refractivity contribution in [3.8, 4) is 0 Å². The van der Waals surface area contributed by atoms with Gasteiger partial charge >= 0.3 is 0 Å². The lowest BCUT2D eigenvalue weighted by Gasteiger charge is -2.49. The first-order valence-corrected chi connectivity index (χ1v) is 6.98. The number of aryl methyl sites for hydroxylation is 2. The average molecular weight is 251 g/mol. The fourth-order valence-electron chi connectivity index (χ4n) is 2.52. The summed E-state index contributed by atoms with van der Waals surface area (Å²) in [4.78, 5) is 2.29. The number of hydrogen-bond donors (Lipinski definition) is 1. The smallest absolute Gasteiger partial charge is 0.0923 e. The molecule has 0 bridgehead atoms. The lowest BCUT2D eigenvalue weighted by atomic mass is 9.83. The molecule has 2 rings (SSSR count). The molecule has 1 aliphatic rings. The molecule has 0 radical (unpaired) electrons. The van der Waals surface area contributed by atoms with E-state index in [1.807, 2.05) is 0 Å². The molecule has 1 saturated heterocycles. The molecule has 4 heteroatoms. The van der Waals surface area contributed by atoms with Crippen LogP contribution in [-0.2, 0) is 19.5 Å². The molecule has 18 heavy (non-hydrogen) atoms. The Morgan fingerprint density at radius 1 is 1.39 bits per heavy atom. The minimum atomic E-state index is -0.481. The molecule has 1 fully saturated rings. The Morgan fingerprint density at radius 2 is 2.06 bits per heavy atom. The molecule has 102 valence electrons. The fraction of sp³-hybridized carbons (Fsp3) is 0.786. The van der Waals surface area contributed by atoms with Crippen molar-refractivity contribution < 1.29 is 5.11 Å². The van der Waals surface area contributed by atoms with E-state index in [1.165, 1.54) is 5.69 Å². The number of aromatic nitrogens is 2. The van der Waals surface area contributed by atoms with Crippen molar-refractivity contribution in [2.24, 2.45) is 5.92 Å². The quantitative estimate of drug-likeness (QED) is 0.865. The Kier molecular flexibility index (Phi) is 3.78. The second-order valence-corrected chi connectivity index (χ2v) is 5.70. The molecule has 0 unspecified atom stereocenters. The van der Waals surface area contributed by atoms with Gasteiger partial charge in [-0.25, -0.2) is 0 Å². The van der Waals surface area contributed by atoms with E-state index in [9.17, 15) is 5.11 Å². The van der Waals surface area contributed by atoms with Crippen molar-refractivity contribution in [2.45, 2.75) is 52.8 Å². The van der Waals surface area contributed by atoms with E-state index in [1.54, 1.807) is 0 Å². The number of hydrogen-bond acceptors (Lipinski definition) is 3. The molecule has 0 aromatic carbocycles. The van der Waals surface area contributed by atoms with Crippen LogP contribution in [0.25, 0.3) is 0 Å². The molecule has 1 aromatic heterocycles. The maximum Gasteiger partial charge on any atom is 0.0923 e. The predicted octanol–water partition coefficient (Wildman–Crippen LogP) is 1.67. The van der Waals surface area contributed by atoms with Gasteiger partial charge in [0, 0.05) is 26.2 Å². The van der Waals surface area contributed by atoms with Crippen molar-refractivity contribution in [1.82, 2.24) is 14.7 Å². The maximum atomic E-state index is 10.2. The number of nitrogens with zero attached hydrogens (tertiary/aromatic N) is 3. The number of likely N-dealkylation sites (tertiary alicyclic amines) is 1. The van der Waals surface area contributed by atoms with E-state index < -0.39 is 5.60 Å². The molecule has 0 saturated carbocycles. The highest BCUT2D eigenvalue weighted by atomic mass is 16.3. The normalized spacial score (nSPS) is 19.2. The first-order chi connectivity index (χ1) is 8.48. The molecular weight excluding hydrogens is 226 g/mol. The third kappa shape index (κ3) is 2.45. The van der Waals surface area contributed by atoms with E-state index in [4.69, 9.17) is 0 Å². The van der Waals surface area contributed by atoms with Gasteiger partial charge < -0.3 is 5.11 Å². The van der Waals surface area contributed by atoms with Crippen LogP contribution in [0.15, 0.2) is 6.07 Å². The van der Waals surface area contributed by atoms with E-state index in [0.29, 0.717) is 5.92 Å². The zero-order valence-electron chi connectivity index (χ0n) is 12.0. The number of rotatable bonds is 5. The van der Waals surface area contributed by atoms with Crippen LogP contribution in [0.2, 0.25) is 0 Å². The summed E-state index contributed by atoms with van der Waals surface area (Å²) in [6.07, 6.45) is 0.982. The van der Waals surface area contributed by atoms with Crippen molar-refractivity contribution in [1.29, 1.82) is 0 Å². The van der Waals surface area contributed by atoms with E-state index >= 15 is 0 Å². The largest absolute Gasteiger partial charge is 0.387 e. The van der Waals surface area contributed by atoms with Crippen LogP contribution in [0.5, 0.6) is 0 Å². The third-order valence-corrected chi connectivity index (χ3v) is 4.03. The van der Waals surface area contributed by atoms with Gasteiger partial charge in [-0.15, -0.1) is 0 Å². The highest BCUT2D eigenvalue weighted by Crippen LogP contribution is 2.29. The molecule has 1 N–H and O–H groups in total. The maximum absolute atomic E-state index is 10.2. The van der Waals surface area contributed by atoms with Gasteiger partial charge in [-0.3, -0.25) is 9.58 Å². The summed E-state index contributed by atoms with van der Waals surface area (Å²) in [5, 5.41) is 14.8. The number of β-amino-alcohol motifs (C(OH)–C–C–N with tert-alkyl or cyclic N) is 1. The van der Waals surface area contributed by atoms with Crippen molar-refractivity contribution >= 4 is 0 Å². The van der Waals surface area contributed by atoms with Crippen LogP contribution in [0.3, 0.4) is 0 Å². The van der Waals surface area contributed by atoms with E-state index in [0.717, 1.165) is 38.3 Å². The molecule has 4 nitrogen and oxygen atoms in total. The average Bonchev–Trinajstić information content (AvgIpc) is 2.69. The molecule has 1 aromatic rings. The molecule has 0 atom stereocenters. The van der Waals surface area contributed by atoms with Gasteiger partial charge in [0.1, 0.15) is 0 Å². The monoisotopic (exact) mass is 251 g/mol. The minimum absolute atomic E-state index is 0.330. The third-order valence-electron chi connectivity index (χ3n) is 4.03. The summed E-state index contributed by atoms with van der Waals surface area (Å²) in [5.41, 5.74) is 1.94. The fourth-order valence-corrected chi connectivity index (χ4v) is 2.52. The minimum Gasteiger partial charge on any atom is -0.387 e. The summed E-state index contributed by atoms with van der Waals surface area (Å²) in [6, 6.07) is 2.19. The van der Waals surface area contributed by atoms with Gasteiger partial charge in [0.15, 0.2) is 0 Å². The van der Waals surface area contributed by atoms with Crippen molar-refractivity contribution in [2.75, 3.05) is 13.1 Å². The first kappa shape index (κ1) is 13.6. The zero-order valence-corrected chi connectivity index (χ0v) is 12.0. The molecule has 2 heterocycles. The Balaban J connectivity index is 1.97. The van der Waals surface area contributed by atoms with E-state index in [-0.39, 0.29) is 0 Å². The Morgan fingerprint density at radius 3 is 2.56 bits per heavy atom. The lowest BCUT2D eigenvalue weighted by molar-refractivity contribution is -0.131. The summed E-state index contributed by atoms with van der Waals surface area (Å²) < 4.78 is 2.07. The molecule has 0 aliphatic carbocycles. The molecule has 1 aliphatic heterocycles. The Hall–Kier alpha value is -0.870. The standard InChI is InChI=1S/C14H25N3O/c1-5-12-7-13(17(6-2)15-12)8-16-9-14(18,10-16)11(3)4/h7,11,18H,5-6,8-10H2,1-4H3. The van der Waals surface area contributed by atoms with Crippen LogP contribution in [0.4, 0.5) is 0 Å². The lowest BCUT2D eigenvalue weighted by Crippen LogP contribution is -2.63. The van der Waals surface area contributed by atoms with Gasteiger partial charge in [0.2, 0.25) is 0 Å². The summed E-state index contributed by atoms with van der Waals surface area (Å²) >= 11 is 0. The van der Waals surface area contributed by atoms with Gasteiger partial charge in [0.05, 0.1) is 17.0 Å². The van der Waals surface area contributed by atoms with Crippen LogP contribution >= 0.6 is 0 Å². The van der Waals surface area contributed by atoms with Crippen LogP contribution in [-0.4, -0.2) is 38.5 Å². The topological polar surface area (TPSA) is 41.3 Å². The van der Waals surface area contributed by atoms with Crippen molar-refractivity contribution in [3.05, 3.63) is 17.5 Å². The summed E-state index contributed by atoms with van der Waals surface area (Å²) in [6.45, 7) is 11.8. The van der Waals surface area contributed by atoms with Crippen LogP contribution in [0, 0.1) is 5.92 Å². The van der Waals surface area contributed by atoms with Gasteiger partial charge in [-0.2, -0.15) is 5.10 Å². The van der Waals surface area contributed by atoms with Gasteiger partial charge in [-0.05, 0) is 25.3 Å². The summed E-state index contributed by atoms with van der Waals surface area (Å²) in [7, 11) is 0. The Bertz CT molecular complexity index is 405. The summed E-state index contributed by atoms with van der Waals surface area (Å²) in [5.74, 6) is 0.330. The second-order valence-electron chi connectivity index (χ2n) is 5.70. The highest BCUT2D eigenvalue weighted by molar-refractivity contribution is 5.12. The van der Waals surface area contributed by atoms with E-state index in [2.05, 4.69) is 48.4 Å². The van der Waals surface area contributed by atoms with Gasteiger partial charge in [0.25, 0.3) is 0 Å². The van der Waals surface area contributed by atoms with Gasteiger partial charge in [-0.1, -0.05) is 20.8 Å². The Labute approximate surface area is 110 Å².